The fourth-order valence-electron chi connectivity index (χ4n) is 2.01. The topological polar surface area (TPSA) is 23.5 Å². The van der Waals surface area contributed by atoms with E-state index in [1.165, 1.54) is 0 Å². The molecule has 1 aliphatic heterocycles. The standard InChI is InChI=1S/C11H23NO/c1-9-8-11(13,10(2,3)4)6-7-12(9)5/h9,13H,6-8H2,1-5H3. The normalized spacial score (nSPS) is 37.8. The van der Waals surface area contributed by atoms with E-state index in [4.69, 9.17) is 0 Å². The lowest BCUT2D eigenvalue weighted by atomic mass is 9.69. The monoisotopic (exact) mass is 185 g/mol. The molecule has 0 radical (unpaired) electrons. The van der Waals surface area contributed by atoms with Crippen LogP contribution in [0.5, 0.6) is 0 Å². The van der Waals surface area contributed by atoms with Gasteiger partial charge in [0.2, 0.25) is 0 Å². The van der Waals surface area contributed by atoms with Gasteiger partial charge in [0.05, 0.1) is 5.60 Å². The lowest BCUT2D eigenvalue weighted by Gasteiger charge is -2.48. The second-order valence-electron chi connectivity index (χ2n) is 5.57. The van der Waals surface area contributed by atoms with Gasteiger partial charge in [0.1, 0.15) is 0 Å². The Kier molecular flexibility index (Phi) is 2.75. The average molecular weight is 185 g/mol. The van der Waals surface area contributed by atoms with Crippen molar-refractivity contribution in [2.45, 2.75) is 52.2 Å². The summed E-state index contributed by atoms with van der Waals surface area (Å²) < 4.78 is 0. The molecule has 2 heteroatoms. The van der Waals surface area contributed by atoms with Crippen LogP contribution in [-0.4, -0.2) is 35.2 Å². The number of likely N-dealkylation sites (tertiary alicyclic amines) is 1. The summed E-state index contributed by atoms with van der Waals surface area (Å²) in [5.41, 5.74) is -0.471. The molecular weight excluding hydrogens is 162 g/mol. The highest BCUT2D eigenvalue weighted by molar-refractivity contribution is 4.96. The van der Waals surface area contributed by atoms with E-state index >= 15 is 0 Å². The Balaban J connectivity index is 2.73. The van der Waals surface area contributed by atoms with Crippen molar-refractivity contribution in [1.29, 1.82) is 0 Å². The molecule has 0 aromatic heterocycles. The molecule has 1 saturated heterocycles. The maximum Gasteiger partial charge on any atom is 0.0722 e. The minimum Gasteiger partial charge on any atom is -0.389 e. The first kappa shape index (κ1) is 11.0. The molecule has 0 aromatic carbocycles. The van der Waals surface area contributed by atoms with Crippen LogP contribution in [-0.2, 0) is 0 Å². The Hall–Kier alpha value is -0.0800. The first-order valence-electron chi connectivity index (χ1n) is 5.19. The minimum atomic E-state index is -0.473. The molecule has 0 aromatic rings. The van der Waals surface area contributed by atoms with Crippen molar-refractivity contribution in [1.82, 2.24) is 4.90 Å². The molecule has 0 spiro atoms. The largest absolute Gasteiger partial charge is 0.389 e. The summed E-state index contributed by atoms with van der Waals surface area (Å²) in [4.78, 5) is 2.32. The summed E-state index contributed by atoms with van der Waals surface area (Å²) in [5.74, 6) is 0. The molecular formula is C11H23NO. The molecule has 2 nitrogen and oxygen atoms in total. The Morgan fingerprint density at radius 2 is 1.92 bits per heavy atom. The van der Waals surface area contributed by atoms with E-state index < -0.39 is 5.60 Å². The third-order valence-corrected chi connectivity index (χ3v) is 3.66. The zero-order valence-electron chi connectivity index (χ0n) is 9.59. The second kappa shape index (κ2) is 3.25. The smallest absolute Gasteiger partial charge is 0.0722 e. The molecule has 1 fully saturated rings. The summed E-state index contributed by atoms with van der Waals surface area (Å²) in [5, 5.41) is 10.5. The van der Waals surface area contributed by atoms with E-state index in [0.717, 1.165) is 19.4 Å². The molecule has 2 atom stereocenters. The van der Waals surface area contributed by atoms with Gasteiger partial charge in [-0.15, -0.1) is 0 Å². The maximum absolute atomic E-state index is 10.5. The van der Waals surface area contributed by atoms with Gasteiger partial charge in [-0.25, -0.2) is 0 Å². The van der Waals surface area contributed by atoms with Crippen molar-refractivity contribution >= 4 is 0 Å². The molecule has 13 heavy (non-hydrogen) atoms. The third-order valence-electron chi connectivity index (χ3n) is 3.66. The highest BCUT2D eigenvalue weighted by Crippen LogP contribution is 2.40. The van der Waals surface area contributed by atoms with Gasteiger partial charge >= 0.3 is 0 Å². The van der Waals surface area contributed by atoms with Crippen LogP contribution in [0.2, 0.25) is 0 Å². The Bertz CT molecular complexity index is 185. The number of piperidine rings is 1. The van der Waals surface area contributed by atoms with Gasteiger partial charge in [-0.3, -0.25) is 0 Å². The van der Waals surface area contributed by atoms with Crippen molar-refractivity contribution < 1.29 is 5.11 Å². The highest BCUT2D eigenvalue weighted by Gasteiger charge is 2.43. The van der Waals surface area contributed by atoms with Crippen LogP contribution in [0.1, 0.15) is 40.5 Å². The Morgan fingerprint density at radius 3 is 2.31 bits per heavy atom. The van der Waals surface area contributed by atoms with Crippen LogP contribution in [0.4, 0.5) is 0 Å². The number of hydrogen-bond acceptors (Lipinski definition) is 2. The van der Waals surface area contributed by atoms with E-state index in [0.29, 0.717) is 6.04 Å². The van der Waals surface area contributed by atoms with Gasteiger partial charge in [0, 0.05) is 12.6 Å². The lowest BCUT2D eigenvalue weighted by Crippen LogP contribution is -2.54. The molecule has 0 bridgehead atoms. The predicted octanol–water partition coefficient (Wildman–Crippen LogP) is 1.88. The van der Waals surface area contributed by atoms with E-state index in [1.807, 2.05) is 0 Å². The van der Waals surface area contributed by atoms with Crippen LogP contribution in [0.15, 0.2) is 0 Å². The van der Waals surface area contributed by atoms with Crippen molar-refractivity contribution in [3.63, 3.8) is 0 Å². The van der Waals surface area contributed by atoms with Gasteiger partial charge in [-0.2, -0.15) is 0 Å². The van der Waals surface area contributed by atoms with Crippen LogP contribution in [0, 0.1) is 5.41 Å². The zero-order valence-corrected chi connectivity index (χ0v) is 9.59. The average Bonchev–Trinajstić information content (AvgIpc) is 1.95. The number of hydrogen-bond donors (Lipinski definition) is 1. The van der Waals surface area contributed by atoms with Gasteiger partial charge < -0.3 is 10.0 Å². The van der Waals surface area contributed by atoms with Gasteiger partial charge in [-0.05, 0) is 32.2 Å². The molecule has 0 amide bonds. The van der Waals surface area contributed by atoms with E-state index in [2.05, 4.69) is 39.6 Å². The SMILES string of the molecule is CC1CC(O)(C(C)(C)C)CCN1C. The second-order valence-corrected chi connectivity index (χ2v) is 5.57. The Labute approximate surface area is 81.9 Å². The molecule has 2 unspecified atom stereocenters. The number of nitrogens with zero attached hydrogens (tertiary/aromatic N) is 1. The van der Waals surface area contributed by atoms with E-state index in [9.17, 15) is 5.11 Å². The summed E-state index contributed by atoms with van der Waals surface area (Å²) in [6.07, 6.45) is 1.80. The predicted molar refractivity (Wildman–Crippen MR) is 55.7 cm³/mol. The molecule has 1 aliphatic rings. The van der Waals surface area contributed by atoms with Crippen molar-refractivity contribution in [3.05, 3.63) is 0 Å². The molecule has 1 N–H and O–H groups in total. The summed E-state index contributed by atoms with van der Waals surface area (Å²) in [7, 11) is 2.13. The first-order chi connectivity index (χ1) is 5.76. The highest BCUT2D eigenvalue weighted by atomic mass is 16.3. The summed E-state index contributed by atoms with van der Waals surface area (Å²) in [6.45, 7) is 9.59. The zero-order chi connectivity index (χ0) is 10.3. The molecule has 0 saturated carbocycles. The summed E-state index contributed by atoms with van der Waals surface area (Å²) >= 11 is 0. The quantitative estimate of drug-likeness (QED) is 0.623. The van der Waals surface area contributed by atoms with Crippen LogP contribution < -0.4 is 0 Å². The van der Waals surface area contributed by atoms with E-state index in [1.54, 1.807) is 0 Å². The maximum atomic E-state index is 10.5. The third kappa shape index (κ3) is 2.05. The fourth-order valence-corrected chi connectivity index (χ4v) is 2.01. The molecule has 78 valence electrons. The van der Waals surface area contributed by atoms with Crippen LogP contribution in [0.25, 0.3) is 0 Å². The van der Waals surface area contributed by atoms with Crippen LogP contribution in [0.3, 0.4) is 0 Å². The Morgan fingerprint density at radius 1 is 1.38 bits per heavy atom. The molecule has 1 heterocycles. The number of aliphatic hydroxyl groups is 1. The first-order valence-corrected chi connectivity index (χ1v) is 5.19. The van der Waals surface area contributed by atoms with E-state index in [-0.39, 0.29) is 5.41 Å². The lowest BCUT2D eigenvalue weighted by molar-refractivity contribution is -0.109. The van der Waals surface area contributed by atoms with Gasteiger partial charge in [0.25, 0.3) is 0 Å². The van der Waals surface area contributed by atoms with Crippen molar-refractivity contribution in [2.24, 2.45) is 5.41 Å². The fraction of sp³-hybridized carbons (Fsp3) is 1.00. The molecule has 1 rings (SSSR count). The van der Waals surface area contributed by atoms with Gasteiger partial charge in [-0.1, -0.05) is 20.8 Å². The van der Waals surface area contributed by atoms with Crippen molar-refractivity contribution in [3.8, 4) is 0 Å². The van der Waals surface area contributed by atoms with Gasteiger partial charge in [0.15, 0.2) is 0 Å². The summed E-state index contributed by atoms with van der Waals surface area (Å²) in [6, 6.07) is 0.498. The minimum absolute atomic E-state index is 0.00250. The van der Waals surface area contributed by atoms with Crippen LogP contribution >= 0.6 is 0 Å². The van der Waals surface area contributed by atoms with Crippen molar-refractivity contribution in [2.75, 3.05) is 13.6 Å². The molecule has 0 aliphatic carbocycles. The number of rotatable bonds is 0.